The number of hydrogen-bond donors (Lipinski definition) is 3. The zero-order valence-corrected chi connectivity index (χ0v) is 18.9. The number of amides is 1. The third kappa shape index (κ3) is 6.29. The number of halogens is 1. The van der Waals surface area contributed by atoms with Gasteiger partial charge in [-0.2, -0.15) is 5.10 Å². The van der Waals surface area contributed by atoms with Crippen LogP contribution in [0, 0.1) is 5.92 Å². The molecular weight excluding hydrogens is 442 g/mol. The molecule has 0 saturated heterocycles. The maximum absolute atomic E-state index is 13.2. The molecule has 2 aromatic rings. The number of sulfone groups is 1. The molecule has 0 spiro atoms. The van der Waals surface area contributed by atoms with E-state index in [9.17, 15) is 18.3 Å². The van der Waals surface area contributed by atoms with Crippen molar-refractivity contribution < 1.29 is 23.4 Å². The molecule has 8 nitrogen and oxygen atoms in total. The predicted molar refractivity (Wildman–Crippen MR) is 118 cm³/mol. The third-order valence-corrected chi connectivity index (χ3v) is 7.20. The number of carbonyl (C=O) groups excluding carboxylic acids is 1. The molecule has 2 unspecified atom stereocenters. The monoisotopic (exact) mass is 469 g/mol. The first-order valence-corrected chi connectivity index (χ1v) is 12.6. The van der Waals surface area contributed by atoms with Crippen LogP contribution in [0.1, 0.15) is 43.6 Å². The van der Waals surface area contributed by atoms with Crippen molar-refractivity contribution in [3.05, 3.63) is 41.0 Å². The van der Waals surface area contributed by atoms with Crippen LogP contribution < -0.4 is 5.32 Å². The molecule has 10 heteroatoms. The lowest BCUT2D eigenvalue weighted by atomic mass is 9.87. The van der Waals surface area contributed by atoms with Gasteiger partial charge in [0.15, 0.2) is 15.7 Å². The van der Waals surface area contributed by atoms with E-state index >= 15 is 0 Å². The highest BCUT2D eigenvalue weighted by Gasteiger charge is 2.28. The highest BCUT2D eigenvalue weighted by atomic mass is 35.5. The Morgan fingerprint density at radius 3 is 2.65 bits per heavy atom. The Morgan fingerprint density at radius 1 is 1.32 bits per heavy atom. The molecule has 31 heavy (non-hydrogen) atoms. The lowest BCUT2D eigenvalue weighted by molar-refractivity contribution is -0.118. The molecule has 0 bridgehead atoms. The summed E-state index contributed by atoms with van der Waals surface area (Å²) in [6.45, 7) is -0.268. The minimum Gasteiger partial charge on any atom is -0.394 e. The maximum atomic E-state index is 13.2. The van der Waals surface area contributed by atoms with Crippen molar-refractivity contribution in [2.45, 2.75) is 55.6 Å². The van der Waals surface area contributed by atoms with E-state index < -0.39 is 21.9 Å². The van der Waals surface area contributed by atoms with Gasteiger partial charge < -0.3 is 15.5 Å². The van der Waals surface area contributed by atoms with Gasteiger partial charge in [-0.15, -0.1) is 0 Å². The van der Waals surface area contributed by atoms with E-state index in [0.717, 1.165) is 31.9 Å². The molecule has 1 aliphatic rings. The smallest absolute Gasteiger partial charge is 0.233 e. The van der Waals surface area contributed by atoms with Crippen molar-refractivity contribution in [2.24, 2.45) is 5.92 Å². The number of carbonyl (C=O) groups is 1. The van der Waals surface area contributed by atoms with Crippen LogP contribution >= 0.6 is 11.6 Å². The fourth-order valence-electron chi connectivity index (χ4n) is 4.03. The highest BCUT2D eigenvalue weighted by Crippen LogP contribution is 2.36. The second-order valence-electron chi connectivity index (χ2n) is 8.15. The third-order valence-electron chi connectivity index (χ3n) is 5.62. The Labute approximate surface area is 187 Å². The molecule has 1 aromatic carbocycles. The molecule has 1 fully saturated rings. The van der Waals surface area contributed by atoms with Crippen LogP contribution in [0.25, 0.3) is 0 Å². The van der Waals surface area contributed by atoms with Gasteiger partial charge in [0.2, 0.25) is 5.91 Å². The number of hydrogen-bond acceptors (Lipinski definition) is 6. The van der Waals surface area contributed by atoms with Crippen LogP contribution in [0.15, 0.2) is 35.4 Å². The highest BCUT2D eigenvalue weighted by molar-refractivity contribution is 7.90. The zero-order valence-electron chi connectivity index (χ0n) is 17.4. The maximum Gasteiger partial charge on any atom is 0.233 e. The van der Waals surface area contributed by atoms with Gasteiger partial charge in [0.05, 0.1) is 35.1 Å². The average Bonchev–Trinajstić information content (AvgIpc) is 3.36. The molecule has 0 aliphatic heterocycles. The van der Waals surface area contributed by atoms with E-state index in [1.807, 2.05) is 0 Å². The number of benzene rings is 1. The summed E-state index contributed by atoms with van der Waals surface area (Å²) in [4.78, 5) is 13.2. The number of nitrogens with one attached hydrogen (secondary N) is 1. The van der Waals surface area contributed by atoms with Crippen molar-refractivity contribution in [2.75, 3.05) is 18.2 Å². The number of aliphatic hydroxyl groups is 2. The molecule has 1 saturated carbocycles. The minimum absolute atomic E-state index is 0.0409. The van der Waals surface area contributed by atoms with Crippen LogP contribution in [-0.4, -0.2) is 53.3 Å². The van der Waals surface area contributed by atoms with E-state index in [0.29, 0.717) is 23.7 Å². The lowest BCUT2D eigenvalue weighted by Gasteiger charge is -2.21. The summed E-state index contributed by atoms with van der Waals surface area (Å²) in [6.07, 6.45) is 6.83. The van der Waals surface area contributed by atoms with Crippen molar-refractivity contribution in [3.63, 3.8) is 0 Å². The van der Waals surface area contributed by atoms with Gasteiger partial charge >= 0.3 is 0 Å². The van der Waals surface area contributed by atoms with Gasteiger partial charge in [-0.1, -0.05) is 43.4 Å². The summed E-state index contributed by atoms with van der Waals surface area (Å²) in [6, 6.07) is 6.28. The molecular formula is C21H28ClN3O5S. The Bertz CT molecular complexity index is 1020. The molecule has 3 rings (SSSR count). The average molecular weight is 470 g/mol. The van der Waals surface area contributed by atoms with Crippen LogP contribution in [0.4, 0.5) is 5.82 Å². The molecule has 170 valence electrons. The van der Waals surface area contributed by atoms with E-state index in [4.69, 9.17) is 16.7 Å². The van der Waals surface area contributed by atoms with Gasteiger partial charge in [0, 0.05) is 18.5 Å². The SMILES string of the molecule is CS(=O)(=O)c1ccc(C(CC2CCCC2)C(=O)Nc2ccn(CC(O)CO)n2)cc1Cl. The van der Waals surface area contributed by atoms with Gasteiger partial charge in [-0.3, -0.25) is 9.48 Å². The van der Waals surface area contributed by atoms with Crippen molar-refractivity contribution in [1.29, 1.82) is 0 Å². The van der Waals surface area contributed by atoms with Gasteiger partial charge in [-0.05, 0) is 30.0 Å². The first-order chi connectivity index (χ1) is 14.7. The topological polar surface area (TPSA) is 122 Å². The largest absolute Gasteiger partial charge is 0.394 e. The van der Waals surface area contributed by atoms with E-state index in [1.54, 1.807) is 24.4 Å². The Morgan fingerprint density at radius 2 is 2.03 bits per heavy atom. The molecule has 2 atom stereocenters. The van der Waals surface area contributed by atoms with Crippen LogP contribution in [-0.2, 0) is 21.2 Å². The quantitative estimate of drug-likeness (QED) is 0.519. The van der Waals surface area contributed by atoms with Crippen molar-refractivity contribution >= 4 is 33.2 Å². The number of nitrogens with zero attached hydrogens (tertiary/aromatic N) is 2. The van der Waals surface area contributed by atoms with E-state index in [2.05, 4.69) is 10.4 Å². The van der Waals surface area contributed by atoms with E-state index in [1.165, 1.54) is 10.7 Å². The fourth-order valence-corrected chi connectivity index (χ4v) is 5.36. The van der Waals surface area contributed by atoms with Crippen LogP contribution in [0.2, 0.25) is 5.02 Å². The van der Waals surface area contributed by atoms with E-state index in [-0.39, 0.29) is 29.0 Å². The minimum atomic E-state index is -3.46. The van der Waals surface area contributed by atoms with Crippen molar-refractivity contribution in [1.82, 2.24) is 9.78 Å². The fraction of sp³-hybridized carbons (Fsp3) is 0.524. The second-order valence-corrected chi connectivity index (χ2v) is 10.5. The second kappa shape index (κ2) is 10.1. The first-order valence-electron chi connectivity index (χ1n) is 10.3. The van der Waals surface area contributed by atoms with Crippen molar-refractivity contribution in [3.8, 4) is 0 Å². The Hall–Kier alpha value is -1.94. The molecule has 1 amide bonds. The zero-order chi connectivity index (χ0) is 22.6. The van der Waals surface area contributed by atoms with Gasteiger partial charge in [-0.25, -0.2) is 8.42 Å². The van der Waals surface area contributed by atoms with Gasteiger partial charge in [0.1, 0.15) is 0 Å². The standard InChI is InChI=1S/C21H28ClN3O5S/c1-31(29,30)19-7-6-15(11-18(19)22)17(10-14-4-2-3-5-14)21(28)23-20-8-9-25(24-20)12-16(27)13-26/h6-9,11,14,16-17,26-27H,2-5,10,12-13H2,1H3,(H,23,24,28). The normalized spacial score (nSPS) is 16.9. The summed E-state index contributed by atoms with van der Waals surface area (Å²) in [5.41, 5.74) is 0.664. The first kappa shape index (κ1) is 23.7. The Kier molecular flexibility index (Phi) is 7.74. The van der Waals surface area contributed by atoms with Gasteiger partial charge in [0.25, 0.3) is 0 Å². The molecule has 0 radical (unpaired) electrons. The summed E-state index contributed by atoms with van der Waals surface area (Å²) in [7, 11) is -3.46. The Balaban J connectivity index is 1.81. The molecule has 3 N–H and O–H groups in total. The number of aliphatic hydroxyl groups excluding tert-OH is 2. The van der Waals surface area contributed by atoms with Crippen LogP contribution in [0.3, 0.4) is 0 Å². The molecule has 1 heterocycles. The number of aromatic nitrogens is 2. The number of anilines is 1. The summed E-state index contributed by atoms with van der Waals surface area (Å²) in [5.74, 6) is 0.0113. The molecule has 1 aromatic heterocycles. The van der Waals surface area contributed by atoms with Crippen LogP contribution in [0.5, 0.6) is 0 Å². The lowest BCUT2D eigenvalue weighted by Crippen LogP contribution is -2.24. The summed E-state index contributed by atoms with van der Waals surface area (Å²) in [5, 5.41) is 25.7. The predicted octanol–water partition coefficient (Wildman–Crippen LogP) is 2.60. The molecule has 1 aliphatic carbocycles. The summed E-state index contributed by atoms with van der Waals surface area (Å²) >= 11 is 6.23. The number of rotatable bonds is 9. The summed E-state index contributed by atoms with van der Waals surface area (Å²) < 4.78 is 25.2.